The molecular weight excluding hydrogens is 178 g/mol. The normalized spacial score (nSPS) is 6.14. The van der Waals surface area contributed by atoms with E-state index >= 15 is 0 Å². The molecule has 0 radical (unpaired) electrons. The number of carbonyl (C=O) groups excluding carboxylic acids is 2. The van der Waals surface area contributed by atoms with Crippen LogP contribution in [-0.4, -0.2) is 19.2 Å². The molecule has 0 saturated carbocycles. The third kappa shape index (κ3) is 66.8. The Balaban J connectivity index is -0.0000000410. The Morgan fingerprint density at radius 2 is 1.57 bits per heavy atom. The highest BCUT2D eigenvalue weighted by Gasteiger charge is 1.85. The molecule has 1 amide bonds. The van der Waals surface area contributed by atoms with Crippen molar-refractivity contribution >= 4 is 12.7 Å². The molecule has 0 aliphatic carbocycles. The molecule has 0 atom stereocenters. The van der Waals surface area contributed by atoms with E-state index in [2.05, 4.69) is 12.2 Å². The Morgan fingerprint density at radius 3 is 1.79 bits per heavy atom. The highest BCUT2D eigenvalue weighted by Crippen LogP contribution is 1.80. The van der Waals surface area contributed by atoms with E-state index in [-0.39, 0.29) is 7.33 Å². The lowest BCUT2D eigenvalue weighted by molar-refractivity contribution is -0.118. The van der Waals surface area contributed by atoms with E-state index in [4.69, 9.17) is 4.79 Å². The molecule has 3 nitrogen and oxygen atoms in total. The molecule has 0 spiro atoms. The summed E-state index contributed by atoms with van der Waals surface area (Å²) in [5, 5.41) is 2.71. The third-order valence-electron chi connectivity index (χ3n) is 0.904. The van der Waals surface area contributed by atoms with Crippen molar-refractivity contribution in [1.29, 1.82) is 0 Å². The molecule has 3 heteroatoms. The number of rotatable bonds is 3. The molecule has 0 aromatic rings. The summed E-state index contributed by atoms with van der Waals surface area (Å²) in [6, 6.07) is 0. The number of hydrogen-bond acceptors (Lipinski definition) is 2. The third-order valence-corrected chi connectivity index (χ3v) is 0.904. The van der Waals surface area contributed by atoms with Gasteiger partial charge in [0, 0.05) is 14.9 Å². The first-order valence-corrected chi connectivity index (χ1v) is 5.30. The molecule has 1 N–H and O–H groups in total. The molecular formula is C11H29NO2. The van der Waals surface area contributed by atoms with E-state index in [1.807, 2.05) is 34.5 Å². The summed E-state index contributed by atoms with van der Waals surface area (Å²) in [6.07, 6.45) is 2.22. The van der Waals surface area contributed by atoms with Crippen LogP contribution in [0.15, 0.2) is 0 Å². The van der Waals surface area contributed by atoms with Crippen LogP contribution in [0.4, 0.5) is 0 Å². The SMILES string of the molecule is C=O.CC.CC.CCCCNC(C)=O.[HH]. The van der Waals surface area contributed by atoms with Crippen LogP contribution in [0, 0.1) is 0 Å². The molecule has 0 rings (SSSR count). The van der Waals surface area contributed by atoms with Gasteiger partial charge in [0.1, 0.15) is 6.79 Å². The summed E-state index contributed by atoms with van der Waals surface area (Å²) in [6.45, 7) is 14.5. The number of carbonyl (C=O) groups is 2. The first-order chi connectivity index (χ1) is 6.77. The minimum Gasteiger partial charge on any atom is -0.356 e. The lowest BCUT2D eigenvalue weighted by atomic mass is 10.3. The Labute approximate surface area is 90.8 Å². The first kappa shape index (κ1) is 23.2. The fourth-order valence-electron chi connectivity index (χ4n) is 0.441. The Bertz CT molecular complexity index is 90.7. The topological polar surface area (TPSA) is 46.2 Å². The van der Waals surface area contributed by atoms with E-state index in [1.165, 1.54) is 6.92 Å². The van der Waals surface area contributed by atoms with Crippen molar-refractivity contribution < 1.29 is 11.0 Å². The van der Waals surface area contributed by atoms with Gasteiger partial charge >= 0.3 is 0 Å². The van der Waals surface area contributed by atoms with E-state index in [1.54, 1.807) is 0 Å². The minimum atomic E-state index is 0. The minimum absolute atomic E-state index is 0. The maximum atomic E-state index is 10.2. The average molecular weight is 207 g/mol. The van der Waals surface area contributed by atoms with Crippen LogP contribution in [0.1, 0.15) is 55.8 Å². The van der Waals surface area contributed by atoms with Gasteiger partial charge in [-0.1, -0.05) is 41.0 Å². The Kier molecular flexibility index (Phi) is 66.2. The molecule has 0 aliphatic rings. The number of nitrogens with one attached hydrogen (secondary N) is 1. The van der Waals surface area contributed by atoms with Crippen LogP contribution in [0.25, 0.3) is 0 Å². The number of hydrogen-bond donors (Lipinski definition) is 1. The first-order valence-electron chi connectivity index (χ1n) is 5.30. The quantitative estimate of drug-likeness (QED) is 0.723. The zero-order valence-electron chi connectivity index (χ0n) is 10.6. The fraction of sp³-hybridized carbons (Fsp3) is 0.818. The van der Waals surface area contributed by atoms with Gasteiger partial charge in [0.05, 0.1) is 0 Å². The van der Waals surface area contributed by atoms with Crippen molar-refractivity contribution in [3.8, 4) is 0 Å². The predicted octanol–water partition coefficient (Wildman–Crippen LogP) is 3.04. The van der Waals surface area contributed by atoms with E-state index in [0.717, 1.165) is 19.4 Å². The average Bonchev–Trinajstić information content (AvgIpc) is 2.27. The second kappa shape index (κ2) is 40.0. The van der Waals surface area contributed by atoms with Crippen molar-refractivity contribution in [3.63, 3.8) is 0 Å². The standard InChI is InChI=1S/C6H13NO.2C2H6.CH2O.H2/c1-3-4-5-7-6(2)8;3*1-2;/h3-5H2,1-2H3,(H,7,8);2*1-2H3;1H2;1H. The zero-order chi connectivity index (χ0) is 12.4. The summed E-state index contributed by atoms with van der Waals surface area (Å²) >= 11 is 0. The number of amides is 1. The predicted molar refractivity (Wildman–Crippen MR) is 65.5 cm³/mol. The highest BCUT2D eigenvalue weighted by molar-refractivity contribution is 5.72. The Hall–Kier alpha value is -0.860. The van der Waals surface area contributed by atoms with Crippen molar-refractivity contribution in [2.24, 2.45) is 0 Å². The van der Waals surface area contributed by atoms with E-state index in [0.29, 0.717) is 0 Å². The molecule has 0 aromatic heterocycles. The summed E-state index contributed by atoms with van der Waals surface area (Å²) in [5.41, 5.74) is 0. The van der Waals surface area contributed by atoms with Crippen molar-refractivity contribution in [1.82, 2.24) is 5.32 Å². The monoisotopic (exact) mass is 207 g/mol. The van der Waals surface area contributed by atoms with Gasteiger partial charge in [-0.3, -0.25) is 4.79 Å². The van der Waals surface area contributed by atoms with Crippen LogP contribution in [0.2, 0.25) is 0 Å². The van der Waals surface area contributed by atoms with Gasteiger partial charge in [-0.2, -0.15) is 0 Å². The molecule has 90 valence electrons. The van der Waals surface area contributed by atoms with Crippen LogP contribution in [0.5, 0.6) is 0 Å². The highest BCUT2D eigenvalue weighted by atomic mass is 16.1. The van der Waals surface area contributed by atoms with Gasteiger partial charge in [0.25, 0.3) is 0 Å². The van der Waals surface area contributed by atoms with Crippen molar-refractivity contribution in [2.75, 3.05) is 6.54 Å². The van der Waals surface area contributed by atoms with Crippen LogP contribution >= 0.6 is 0 Å². The fourth-order valence-corrected chi connectivity index (χ4v) is 0.441. The van der Waals surface area contributed by atoms with Crippen LogP contribution < -0.4 is 5.32 Å². The van der Waals surface area contributed by atoms with E-state index < -0.39 is 0 Å². The van der Waals surface area contributed by atoms with Gasteiger partial charge in [0.2, 0.25) is 5.91 Å². The molecule has 14 heavy (non-hydrogen) atoms. The number of unbranched alkanes of at least 4 members (excludes halogenated alkanes) is 1. The molecule has 0 heterocycles. The smallest absolute Gasteiger partial charge is 0.216 e. The van der Waals surface area contributed by atoms with Gasteiger partial charge < -0.3 is 10.1 Å². The van der Waals surface area contributed by atoms with Gasteiger partial charge in [-0.05, 0) is 6.42 Å². The maximum absolute atomic E-state index is 10.2. The summed E-state index contributed by atoms with van der Waals surface area (Å²) < 4.78 is 0. The lowest BCUT2D eigenvalue weighted by Gasteiger charge is -1.96. The molecule has 0 unspecified atom stereocenters. The summed E-state index contributed by atoms with van der Waals surface area (Å²) in [4.78, 5) is 18.2. The zero-order valence-corrected chi connectivity index (χ0v) is 10.6. The second-order valence-electron chi connectivity index (χ2n) is 1.84. The Morgan fingerprint density at radius 1 is 1.21 bits per heavy atom. The summed E-state index contributed by atoms with van der Waals surface area (Å²) in [5.74, 6) is 0.0680. The van der Waals surface area contributed by atoms with Gasteiger partial charge in [-0.25, -0.2) is 0 Å². The van der Waals surface area contributed by atoms with Gasteiger partial charge in [0.15, 0.2) is 0 Å². The van der Waals surface area contributed by atoms with Crippen molar-refractivity contribution in [3.05, 3.63) is 0 Å². The summed E-state index contributed by atoms with van der Waals surface area (Å²) in [7, 11) is 0. The molecule has 0 fully saturated rings. The molecule has 0 aliphatic heterocycles. The van der Waals surface area contributed by atoms with Crippen LogP contribution in [-0.2, 0) is 9.59 Å². The second-order valence-corrected chi connectivity index (χ2v) is 1.84. The largest absolute Gasteiger partial charge is 0.356 e. The molecule has 0 aromatic carbocycles. The lowest BCUT2D eigenvalue weighted by Crippen LogP contribution is -2.20. The van der Waals surface area contributed by atoms with Gasteiger partial charge in [-0.15, -0.1) is 0 Å². The van der Waals surface area contributed by atoms with Crippen molar-refractivity contribution in [2.45, 2.75) is 54.4 Å². The van der Waals surface area contributed by atoms with Crippen LogP contribution in [0.3, 0.4) is 0 Å². The molecule has 0 saturated heterocycles. The molecule has 0 bridgehead atoms. The van der Waals surface area contributed by atoms with E-state index in [9.17, 15) is 4.79 Å². The maximum Gasteiger partial charge on any atom is 0.216 e.